The summed E-state index contributed by atoms with van der Waals surface area (Å²) in [6.45, 7) is 3.98. The molecule has 2 N–H and O–H groups in total. The number of halogens is 1. The lowest BCUT2D eigenvalue weighted by Gasteiger charge is -2.14. The lowest BCUT2D eigenvalue weighted by molar-refractivity contribution is -0.118. The van der Waals surface area contributed by atoms with Crippen molar-refractivity contribution in [3.05, 3.63) is 59.7 Å². The fourth-order valence-corrected chi connectivity index (χ4v) is 3.48. The van der Waals surface area contributed by atoms with Crippen LogP contribution in [-0.2, 0) is 9.53 Å². The summed E-state index contributed by atoms with van der Waals surface area (Å²) in [7, 11) is 0. The van der Waals surface area contributed by atoms with Gasteiger partial charge >= 0.3 is 6.09 Å². The first kappa shape index (κ1) is 20.6. The number of aromatic nitrogens is 1. The number of aryl methyl sites for hydroxylation is 2. The number of hydrogen-bond acceptors (Lipinski definition) is 5. The molecule has 3 aromatic rings. The standard InChI is InChI=1S/C23H22FN3O4/c1-13-14(2)30-22(26-13)16-5-3-15(4-6-16)19-9-7-17(11-20(19)24)27-12-18(31-23(27)29)8-10-21(25)28/h3-7,9,11,18H,8,10,12H2,1-2H3,(H2,25,28). The van der Waals surface area contributed by atoms with E-state index in [1.807, 2.05) is 26.0 Å². The molecule has 31 heavy (non-hydrogen) atoms. The predicted molar refractivity (Wildman–Crippen MR) is 113 cm³/mol. The minimum atomic E-state index is -0.567. The van der Waals surface area contributed by atoms with Crippen LogP contribution in [0, 0.1) is 19.7 Å². The highest BCUT2D eigenvalue weighted by molar-refractivity contribution is 5.90. The Bertz CT molecular complexity index is 1120. The Morgan fingerprint density at radius 3 is 2.52 bits per heavy atom. The number of benzene rings is 2. The first-order valence-corrected chi connectivity index (χ1v) is 9.92. The molecule has 2 aromatic carbocycles. The van der Waals surface area contributed by atoms with Gasteiger partial charge in [0.15, 0.2) is 0 Å². The van der Waals surface area contributed by atoms with Crippen molar-refractivity contribution in [2.24, 2.45) is 5.73 Å². The molecule has 1 aromatic heterocycles. The van der Waals surface area contributed by atoms with Crippen LogP contribution >= 0.6 is 0 Å². The number of primary amides is 1. The maximum atomic E-state index is 14.9. The number of amides is 2. The number of oxazole rings is 1. The summed E-state index contributed by atoms with van der Waals surface area (Å²) in [5.74, 6) is 0.374. The zero-order chi connectivity index (χ0) is 22.1. The van der Waals surface area contributed by atoms with Gasteiger partial charge in [-0.05, 0) is 56.2 Å². The molecule has 1 unspecified atom stereocenters. The van der Waals surface area contributed by atoms with Gasteiger partial charge in [0.1, 0.15) is 17.7 Å². The largest absolute Gasteiger partial charge is 0.444 e. The van der Waals surface area contributed by atoms with E-state index in [1.54, 1.807) is 24.3 Å². The van der Waals surface area contributed by atoms with Crippen molar-refractivity contribution in [3.63, 3.8) is 0 Å². The molecule has 7 nitrogen and oxygen atoms in total. The summed E-state index contributed by atoms with van der Waals surface area (Å²) < 4.78 is 25.7. The third kappa shape index (κ3) is 4.28. The van der Waals surface area contributed by atoms with Crippen LogP contribution in [0.3, 0.4) is 0 Å². The smallest absolute Gasteiger partial charge is 0.414 e. The van der Waals surface area contributed by atoms with E-state index in [4.69, 9.17) is 14.9 Å². The van der Waals surface area contributed by atoms with E-state index in [2.05, 4.69) is 4.98 Å². The maximum absolute atomic E-state index is 14.9. The van der Waals surface area contributed by atoms with E-state index in [9.17, 15) is 14.0 Å². The second-order valence-corrected chi connectivity index (χ2v) is 7.52. The normalized spacial score (nSPS) is 15.9. The molecule has 1 saturated heterocycles. The van der Waals surface area contributed by atoms with Crippen LogP contribution in [-0.4, -0.2) is 29.6 Å². The van der Waals surface area contributed by atoms with Gasteiger partial charge in [0, 0.05) is 17.5 Å². The molecular formula is C23H22FN3O4. The van der Waals surface area contributed by atoms with E-state index in [-0.39, 0.29) is 13.0 Å². The Hall–Kier alpha value is -3.68. The van der Waals surface area contributed by atoms with Gasteiger partial charge in [0.2, 0.25) is 11.8 Å². The minimum absolute atomic E-state index is 0.127. The number of anilines is 1. The number of nitrogens with two attached hydrogens (primary N) is 1. The Morgan fingerprint density at radius 2 is 1.90 bits per heavy atom. The summed E-state index contributed by atoms with van der Waals surface area (Å²) >= 11 is 0. The quantitative estimate of drug-likeness (QED) is 0.635. The zero-order valence-electron chi connectivity index (χ0n) is 17.2. The number of carbonyl (C=O) groups is 2. The molecule has 160 valence electrons. The monoisotopic (exact) mass is 423 g/mol. The van der Waals surface area contributed by atoms with Gasteiger partial charge in [-0.25, -0.2) is 14.2 Å². The van der Waals surface area contributed by atoms with Gasteiger partial charge in [-0.1, -0.05) is 12.1 Å². The number of hydrogen-bond donors (Lipinski definition) is 1. The van der Waals surface area contributed by atoms with Crippen LogP contribution in [0.2, 0.25) is 0 Å². The van der Waals surface area contributed by atoms with E-state index < -0.39 is 23.9 Å². The molecule has 2 heterocycles. The predicted octanol–water partition coefficient (Wildman–Crippen LogP) is 4.36. The van der Waals surface area contributed by atoms with Crippen molar-refractivity contribution >= 4 is 17.7 Å². The minimum Gasteiger partial charge on any atom is -0.444 e. The van der Waals surface area contributed by atoms with Gasteiger partial charge < -0.3 is 14.9 Å². The van der Waals surface area contributed by atoms with Crippen molar-refractivity contribution in [2.45, 2.75) is 32.8 Å². The molecule has 0 spiro atoms. The number of cyclic esters (lactones) is 1. The number of rotatable bonds is 6. The van der Waals surface area contributed by atoms with Crippen LogP contribution in [0.1, 0.15) is 24.3 Å². The third-order valence-corrected chi connectivity index (χ3v) is 5.32. The molecule has 1 aliphatic heterocycles. The average molecular weight is 423 g/mol. The molecule has 2 amide bonds. The molecule has 0 aliphatic carbocycles. The van der Waals surface area contributed by atoms with Crippen LogP contribution in [0.5, 0.6) is 0 Å². The summed E-state index contributed by atoms with van der Waals surface area (Å²) in [6.07, 6.45) is -0.546. The first-order valence-electron chi connectivity index (χ1n) is 9.92. The fraction of sp³-hybridized carbons (Fsp3) is 0.261. The molecule has 0 bridgehead atoms. The third-order valence-electron chi connectivity index (χ3n) is 5.32. The average Bonchev–Trinajstić information content (AvgIpc) is 3.28. The molecule has 8 heteroatoms. The van der Waals surface area contributed by atoms with Crippen LogP contribution < -0.4 is 10.6 Å². The maximum Gasteiger partial charge on any atom is 0.414 e. The summed E-state index contributed by atoms with van der Waals surface area (Å²) in [4.78, 5) is 28.8. The molecule has 4 rings (SSSR count). The number of carbonyl (C=O) groups excluding carboxylic acids is 2. The summed E-state index contributed by atoms with van der Waals surface area (Å²) in [6, 6.07) is 11.9. The van der Waals surface area contributed by atoms with E-state index in [1.165, 1.54) is 11.0 Å². The van der Waals surface area contributed by atoms with Crippen LogP contribution in [0.25, 0.3) is 22.6 Å². The molecule has 1 atom stereocenters. The topological polar surface area (TPSA) is 98.7 Å². The first-order chi connectivity index (χ1) is 14.8. The fourth-order valence-electron chi connectivity index (χ4n) is 3.48. The summed E-state index contributed by atoms with van der Waals surface area (Å²) in [5, 5.41) is 0. The van der Waals surface area contributed by atoms with Crippen molar-refractivity contribution in [1.29, 1.82) is 0 Å². The lowest BCUT2D eigenvalue weighted by atomic mass is 10.0. The molecular weight excluding hydrogens is 401 g/mol. The van der Waals surface area contributed by atoms with Gasteiger partial charge in [0.05, 0.1) is 17.9 Å². The Morgan fingerprint density at radius 1 is 1.19 bits per heavy atom. The van der Waals surface area contributed by atoms with Gasteiger partial charge in [-0.2, -0.15) is 0 Å². The van der Waals surface area contributed by atoms with E-state index >= 15 is 0 Å². The number of ether oxygens (including phenoxy) is 1. The van der Waals surface area contributed by atoms with Gasteiger partial charge in [-0.15, -0.1) is 0 Å². The Labute approximate surface area is 178 Å². The van der Waals surface area contributed by atoms with Crippen molar-refractivity contribution in [1.82, 2.24) is 4.98 Å². The highest BCUT2D eigenvalue weighted by Crippen LogP contribution is 2.31. The second-order valence-electron chi connectivity index (χ2n) is 7.52. The second kappa shape index (κ2) is 8.22. The Kier molecular flexibility index (Phi) is 5.46. The highest BCUT2D eigenvalue weighted by Gasteiger charge is 2.32. The van der Waals surface area contributed by atoms with Crippen molar-refractivity contribution in [2.75, 3.05) is 11.4 Å². The van der Waals surface area contributed by atoms with Gasteiger partial charge in [-0.3, -0.25) is 9.69 Å². The van der Waals surface area contributed by atoms with E-state index in [0.29, 0.717) is 29.1 Å². The molecule has 0 saturated carbocycles. The van der Waals surface area contributed by atoms with Gasteiger partial charge in [0.25, 0.3) is 0 Å². The molecule has 1 fully saturated rings. The number of nitrogens with zero attached hydrogens (tertiary/aromatic N) is 2. The molecule has 0 radical (unpaired) electrons. The van der Waals surface area contributed by atoms with Crippen molar-refractivity contribution < 1.29 is 23.1 Å². The van der Waals surface area contributed by atoms with E-state index in [0.717, 1.165) is 17.0 Å². The van der Waals surface area contributed by atoms with Crippen molar-refractivity contribution in [3.8, 4) is 22.6 Å². The summed E-state index contributed by atoms with van der Waals surface area (Å²) in [5.41, 5.74) is 8.28. The molecule has 1 aliphatic rings. The highest BCUT2D eigenvalue weighted by atomic mass is 19.1. The Balaban J connectivity index is 1.51. The van der Waals surface area contributed by atoms with Crippen LogP contribution in [0.15, 0.2) is 46.9 Å². The zero-order valence-corrected chi connectivity index (χ0v) is 17.2. The lowest BCUT2D eigenvalue weighted by Crippen LogP contribution is -2.25. The SMILES string of the molecule is Cc1nc(-c2ccc(-c3ccc(N4CC(CCC(N)=O)OC4=O)cc3F)cc2)oc1C. The van der Waals surface area contributed by atoms with Crippen LogP contribution in [0.4, 0.5) is 14.9 Å².